The molecule has 3 rings (SSSR count). The number of para-hydroxylation sites is 1. The first kappa shape index (κ1) is 16.8. The Morgan fingerprint density at radius 3 is 2.48 bits per heavy atom. The summed E-state index contributed by atoms with van der Waals surface area (Å²) in [6.07, 6.45) is 0. The summed E-state index contributed by atoms with van der Waals surface area (Å²) in [6.45, 7) is 2.85. The number of anilines is 1. The Balaban J connectivity index is 2.51. The highest BCUT2D eigenvalue weighted by molar-refractivity contribution is 6.17. The van der Waals surface area contributed by atoms with Gasteiger partial charge < -0.3 is 20.1 Å². The number of fused-ring (bicyclic) bond motifs is 2. The zero-order chi connectivity index (χ0) is 18.5. The smallest absolute Gasteiger partial charge is 0.339 e. The summed E-state index contributed by atoms with van der Waals surface area (Å²) < 4.78 is 10.2. The van der Waals surface area contributed by atoms with Crippen LogP contribution in [0.25, 0.3) is 0 Å². The molecule has 0 unspecified atom stereocenters. The van der Waals surface area contributed by atoms with E-state index in [2.05, 4.69) is 0 Å². The third kappa shape index (κ3) is 1.95. The van der Waals surface area contributed by atoms with Crippen LogP contribution in [0.15, 0.2) is 47.0 Å². The molecule has 0 amide bonds. The highest BCUT2D eigenvalue weighted by Crippen LogP contribution is 2.53. The molecule has 1 spiro atoms. The number of nitrogens with two attached hydrogens (primary N) is 1. The molecular weight excluding hydrogens is 324 g/mol. The van der Waals surface area contributed by atoms with Crippen LogP contribution in [0.5, 0.6) is 0 Å². The molecule has 0 fully saturated rings. The second-order valence-corrected chi connectivity index (χ2v) is 5.95. The highest BCUT2D eigenvalue weighted by Gasteiger charge is 2.61. The predicted molar refractivity (Wildman–Crippen MR) is 89.2 cm³/mol. The van der Waals surface area contributed by atoms with Crippen molar-refractivity contribution >= 4 is 23.4 Å². The lowest BCUT2D eigenvalue weighted by Crippen LogP contribution is -2.49. The zero-order valence-electron chi connectivity index (χ0n) is 14.4. The Kier molecular flexibility index (Phi) is 3.67. The number of ketones is 1. The summed E-state index contributed by atoms with van der Waals surface area (Å²) in [4.78, 5) is 39.6. The lowest BCUT2D eigenvalue weighted by Gasteiger charge is -2.39. The average molecular weight is 342 g/mol. The fourth-order valence-electron chi connectivity index (χ4n) is 3.68. The van der Waals surface area contributed by atoms with Crippen molar-refractivity contribution in [3.05, 3.63) is 52.6 Å². The molecule has 2 heterocycles. The summed E-state index contributed by atoms with van der Waals surface area (Å²) in [5, 5.41) is 0. The van der Waals surface area contributed by atoms with Gasteiger partial charge in [0, 0.05) is 18.3 Å². The number of benzene rings is 1. The number of Topliss-reactive ketones (excluding diaryl/α,β-unsaturated/α-hetero) is 1. The molecule has 2 N–H and O–H groups in total. The monoisotopic (exact) mass is 342 g/mol. The lowest BCUT2D eigenvalue weighted by atomic mass is 9.65. The minimum Gasteiger partial charge on any atom is -0.466 e. The van der Waals surface area contributed by atoms with Crippen molar-refractivity contribution in [2.24, 2.45) is 5.73 Å². The van der Waals surface area contributed by atoms with Crippen LogP contribution in [-0.4, -0.2) is 31.9 Å². The minimum absolute atomic E-state index is 0.0379. The van der Waals surface area contributed by atoms with Crippen LogP contribution in [0.3, 0.4) is 0 Å². The van der Waals surface area contributed by atoms with Crippen LogP contribution in [0.1, 0.15) is 19.4 Å². The summed E-state index contributed by atoms with van der Waals surface area (Å²) in [5.74, 6) is -1.71. The number of cyclic esters (lactones) is 1. The number of rotatable bonds is 2. The van der Waals surface area contributed by atoms with Crippen LogP contribution in [0.4, 0.5) is 5.69 Å². The molecule has 7 heteroatoms. The van der Waals surface area contributed by atoms with Gasteiger partial charge in [0.2, 0.25) is 0 Å². The van der Waals surface area contributed by atoms with E-state index in [1.807, 2.05) is 0 Å². The number of allylic oxidation sites excluding steroid dienone is 1. The van der Waals surface area contributed by atoms with Gasteiger partial charge in [-0.05, 0) is 19.9 Å². The summed E-state index contributed by atoms with van der Waals surface area (Å²) >= 11 is 0. The largest absolute Gasteiger partial charge is 0.466 e. The molecule has 0 bridgehead atoms. The van der Waals surface area contributed by atoms with Crippen molar-refractivity contribution in [2.75, 3.05) is 19.1 Å². The van der Waals surface area contributed by atoms with Crippen LogP contribution in [0.2, 0.25) is 0 Å². The Labute approximate surface area is 144 Å². The maximum absolute atomic E-state index is 13.0. The first-order chi connectivity index (χ1) is 11.8. The summed E-state index contributed by atoms with van der Waals surface area (Å²) in [7, 11) is 2.87. The molecule has 0 aliphatic carbocycles. The number of nitrogens with zero attached hydrogens (tertiary/aromatic N) is 1. The van der Waals surface area contributed by atoms with Gasteiger partial charge in [-0.1, -0.05) is 18.2 Å². The van der Waals surface area contributed by atoms with E-state index >= 15 is 0 Å². The van der Waals surface area contributed by atoms with E-state index in [1.54, 1.807) is 36.2 Å². The van der Waals surface area contributed by atoms with Crippen LogP contribution >= 0.6 is 0 Å². The number of methoxy groups -OCH3 is 1. The number of carbonyl (C=O) groups is 3. The van der Waals surface area contributed by atoms with E-state index in [9.17, 15) is 14.4 Å². The van der Waals surface area contributed by atoms with E-state index < -0.39 is 17.4 Å². The van der Waals surface area contributed by atoms with Gasteiger partial charge in [-0.15, -0.1) is 0 Å². The third-order valence-electron chi connectivity index (χ3n) is 4.68. The Morgan fingerprint density at radius 2 is 1.88 bits per heavy atom. The van der Waals surface area contributed by atoms with Gasteiger partial charge in [-0.3, -0.25) is 4.79 Å². The Hall–Kier alpha value is -3.09. The molecule has 130 valence electrons. The molecule has 0 saturated carbocycles. The normalized spacial score (nSPS) is 22.2. The first-order valence-electron chi connectivity index (χ1n) is 7.64. The first-order valence-corrected chi connectivity index (χ1v) is 7.64. The van der Waals surface area contributed by atoms with Crippen LogP contribution in [-0.2, 0) is 29.3 Å². The number of esters is 2. The van der Waals surface area contributed by atoms with Gasteiger partial charge in [0.05, 0.1) is 12.7 Å². The molecule has 7 nitrogen and oxygen atoms in total. The second kappa shape index (κ2) is 5.47. The highest BCUT2D eigenvalue weighted by atomic mass is 16.5. The topological polar surface area (TPSA) is 98.9 Å². The molecule has 2 aliphatic rings. The van der Waals surface area contributed by atoms with Crippen molar-refractivity contribution in [1.29, 1.82) is 0 Å². The Morgan fingerprint density at radius 1 is 1.24 bits per heavy atom. The Bertz CT molecular complexity index is 883. The molecule has 0 radical (unpaired) electrons. The van der Waals surface area contributed by atoms with E-state index in [1.165, 1.54) is 21.0 Å². The van der Waals surface area contributed by atoms with E-state index in [-0.39, 0.29) is 28.5 Å². The lowest BCUT2D eigenvalue weighted by molar-refractivity contribution is -0.145. The van der Waals surface area contributed by atoms with Crippen molar-refractivity contribution in [2.45, 2.75) is 19.3 Å². The van der Waals surface area contributed by atoms with Crippen molar-refractivity contribution in [3.8, 4) is 0 Å². The molecule has 2 aliphatic heterocycles. The maximum atomic E-state index is 13.0. The third-order valence-corrected chi connectivity index (χ3v) is 4.68. The van der Waals surface area contributed by atoms with E-state index in [0.29, 0.717) is 11.3 Å². The van der Waals surface area contributed by atoms with Crippen LogP contribution in [0, 0.1) is 0 Å². The van der Waals surface area contributed by atoms with Crippen molar-refractivity contribution in [3.63, 3.8) is 0 Å². The van der Waals surface area contributed by atoms with Crippen LogP contribution < -0.4 is 10.6 Å². The van der Waals surface area contributed by atoms with Gasteiger partial charge in [0.1, 0.15) is 17.2 Å². The minimum atomic E-state index is -1.73. The molecule has 25 heavy (non-hydrogen) atoms. The van der Waals surface area contributed by atoms with E-state index in [4.69, 9.17) is 15.2 Å². The van der Waals surface area contributed by atoms with Gasteiger partial charge in [0.25, 0.3) is 0 Å². The van der Waals surface area contributed by atoms with Gasteiger partial charge in [-0.2, -0.15) is 0 Å². The molecule has 1 aromatic carbocycles. The fraction of sp³-hybridized carbons (Fsp3) is 0.278. The summed E-state index contributed by atoms with van der Waals surface area (Å²) in [5.41, 5.74) is 5.53. The van der Waals surface area contributed by atoms with Gasteiger partial charge in [-0.25, -0.2) is 9.59 Å². The fourth-order valence-corrected chi connectivity index (χ4v) is 3.68. The predicted octanol–water partition coefficient (Wildman–Crippen LogP) is 1.14. The molecule has 1 atom stereocenters. The molecule has 1 aromatic rings. The van der Waals surface area contributed by atoms with Gasteiger partial charge >= 0.3 is 11.9 Å². The van der Waals surface area contributed by atoms with Crippen molar-refractivity contribution in [1.82, 2.24) is 0 Å². The molecular formula is C18H18N2O5. The molecule has 0 aromatic heterocycles. The molecule has 0 saturated heterocycles. The number of carbonyl (C=O) groups excluding carboxylic acids is 3. The quantitative estimate of drug-likeness (QED) is 0.805. The second-order valence-electron chi connectivity index (χ2n) is 5.95. The average Bonchev–Trinajstić information content (AvgIpc) is 2.84. The summed E-state index contributed by atoms with van der Waals surface area (Å²) in [6, 6.07) is 6.95. The van der Waals surface area contributed by atoms with Gasteiger partial charge in [0.15, 0.2) is 11.2 Å². The number of hydrogen-bond acceptors (Lipinski definition) is 7. The maximum Gasteiger partial charge on any atom is 0.339 e. The number of hydrogen-bond donors (Lipinski definition) is 1. The SMILES string of the molecule is COC(=O)C1=C(N)N(C)c2ccccc2[C@@]12C(=O)OC(C)=C2C(C)=O. The zero-order valence-corrected chi connectivity index (χ0v) is 14.4. The van der Waals surface area contributed by atoms with Crippen molar-refractivity contribution < 1.29 is 23.9 Å². The number of ether oxygens (including phenoxy) is 2. The standard InChI is InChI=1S/C18H18N2O5/c1-9(21)13-10(2)25-17(23)18(13)11-7-5-6-8-12(11)20(3)15(19)14(18)16(22)24-4/h5-8H,19H2,1-4H3/t18-/m0/s1. The van der Waals surface area contributed by atoms with E-state index in [0.717, 1.165) is 0 Å².